The smallest absolute Gasteiger partial charge is 0.251 e. The van der Waals surface area contributed by atoms with Gasteiger partial charge in [-0.1, -0.05) is 18.2 Å². The first-order valence-electron chi connectivity index (χ1n) is 8.19. The van der Waals surface area contributed by atoms with Crippen LogP contribution < -0.4 is 16.4 Å². The van der Waals surface area contributed by atoms with Crippen molar-refractivity contribution in [3.8, 4) is 0 Å². The quantitative estimate of drug-likeness (QED) is 0.740. The molecular formula is C18H20FN3O2S. The Hall–Kier alpha value is -2.25. The first-order valence-corrected chi connectivity index (χ1v) is 9.01. The summed E-state index contributed by atoms with van der Waals surface area (Å²) in [5.74, 6) is -1.11. The van der Waals surface area contributed by atoms with E-state index in [2.05, 4.69) is 10.6 Å². The Morgan fingerprint density at radius 1 is 1.32 bits per heavy atom. The largest absolute Gasteiger partial charge is 0.365 e. The van der Waals surface area contributed by atoms with Gasteiger partial charge >= 0.3 is 0 Å². The SMILES string of the molecule is CC(NCC(=O)Nc1sc2c(c1C(N)=O)CCC2)c1ccccc1F. The molecule has 1 heterocycles. The molecule has 1 atom stereocenters. The van der Waals surface area contributed by atoms with Gasteiger partial charge in [0.1, 0.15) is 10.8 Å². The van der Waals surface area contributed by atoms with Crippen LogP contribution in [0.2, 0.25) is 0 Å². The minimum Gasteiger partial charge on any atom is -0.365 e. The third-order valence-corrected chi connectivity index (χ3v) is 5.57. The van der Waals surface area contributed by atoms with Gasteiger partial charge in [0.15, 0.2) is 0 Å². The van der Waals surface area contributed by atoms with Crippen molar-refractivity contribution in [3.63, 3.8) is 0 Å². The predicted molar refractivity (Wildman–Crippen MR) is 96.3 cm³/mol. The molecular weight excluding hydrogens is 341 g/mol. The number of amides is 2. The minimum absolute atomic E-state index is 0.0102. The first kappa shape index (κ1) is 17.6. The van der Waals surface area contributed by atoms with E-state index in [1.165, 1.54) is 17.4 Å². The number of carbonyl (C=O) groups excluding carboxylic acids is 2. The first-order chi connectivity index (χ1) is 12.0. The number of nitrogens with two attached hydrogens (primary N) is 1. The van der Waals surface area contributed by atoms with E-state index in [4.69, 9.17) is 5.73 Å². The Bertz CT molecular complexity index is 819. The van der Waals surface area contributed by atoms with Gasteiger partial charge in [-0.25, -0.2) is 4.39 Å². The zero-order chi connectivity index (χ0) is 18.0. The van der Waals surface area contributed by atoms with Crippen molar-refractivity contribution in [2.75, 3.05) is 11.9 Å². The average molecular weight is 361 g/mol. The molecule has 0 bridgehead atoms. The summed E-state index contributed by atoms with van der Waals surface area (Å²) in [5, 5.41) is 6.28. The van der Waals surface area contributed by atoms with Crippen LogP contribution in [-0.2, 0) is 17.6 Å². The number of carbonyl (C=O) groups is 2. The summed E-state index contributed by atoms with van der Waals surface area (Å²) in [6, 6.07) is 6.14. The van der Waals surface area contributed by atoms with Crippen molar-refractivity contribution in [3.05, 3.63) is 51.7 Å². The number of fused-ring (bicyclic) bond motifs is 1. The number of primary amides is 1. The van der Waals surface area contributed by atoms with Crippen LogP contribution in [0.5, 0.6) is 0 Å². The maximum absolute atomic E-state index is 13.8. The fraction of sp³-hybridized carbons (Fsp3) is 0.333. The van der Waals surface area contributed by atoms with E-state index in [-0.39, 0.29) is 24.3 Å². The lowest BCUT2D eigenvalue weighted by Crippen LogP contribution is -2.30. The van der Waals surface area contributed by atoms with Crippen LogP contribution in [0.25, 0.3) is 0 Å². The molecule has 132 valence electrons. The summed E-state index contributed by atoms with van der Waals surface area (Å²) in [7, 11) is 0. The zero-order valence-electron chi connectivity index (χ0n) is 13.9. The second kappa shape index (κ2) is 7.33. The van der Waals surface area contributed by atoms with Crippen molar-refractivity contribution >= 4 is 28.2 Å². The Labute approximate surface area is 149 Å². The van der Waals surface area contributed by atoms with Gasteiger partial charge in [0.25, 0.3) is 5.91 Å². The number of halogens is 1. The molecule has 25 heavy (non-hydrogen) atoms. The van der Waals surface area contributed by atoms with Crippen molar-refractivity contribution in [1.82, 2.24) is 5.32 Å². The van der Waals surface area contributed by atoms with E-state index in [0.717, 1.165) is 29.7 Å². The Kier molecular flexibility index (Phi) is 5.15. The highest BCUT2D eigenvalue weighted by atomic mass is 32.1. The van der Waals surface area contributed by atoms with Crippen LogP contribution in [0.1, 0.15) is 45.7 Å². The second-order valence-electron chi connectivity index (χ2n) is 6.10. The van der Waals surface area contributed by atoms with E-state index in [0.29, 0.717) is 16.1 Å². The van der Waals surface area contributed by atoms with Crippen molar-refractivity contribution in [2.45, 2.75) is 32.2 Å². The number of benzene rings is 1. The van der Waals surface area contributed by atoms with E-state index in [1.54, 1.807) is 25.1 Å². The van der Waals surface area contributed by atoms with Crippen molar-refractivity contribution in [1.29, 1.82) is 0 Å². The summed E-state index contributed by atoms with van der Waals surface area (Å²) < 4.78 is 13.8. The van der Waals surface area contributed by atoms with Gasteiger partial charge in [-0.15, -0.1) is 11.3 Å². The fourth-order valence-electron chi connectivity index (χ4n) is 3.11. The lowest BCUT2D eigenvalue weighted by Gasteiger charge is -2.15. The van der Waals surface area contributed by atoms with Crippen molar-refractivity contribution < 1.29 is 14.0 Å². The summed E-state index contributed by atoms with van der Waals surface area (Å²) >= 11 is 1.42. The zero-order valence-corrected chi connectivity index (χ0v) is 14.7. The fourth-order valence-corrected chi connectivity index (χ4v) is 4.42. The van der Waals surface area contributed by atoms with E-state index < -0.39 is 5.91 Å². The van der Waals surface area contributed by atoms with Gasteiger partial charge in [0.05, 0.1) is 12.1 Å². The summed E-state index contributed by atoms with van der Waals surface area (Å²) in [4.78, 5) is 25.1. The molecule has 0 saturated heterocycles. The molecule has 2 aromatic rings. The lowest BCUT2D eigenvalue weighted by molar-refractivity contribution is -0.115. The van der Waals surface area contributed by atoms with E-state index in [9.17, 15) is 14.0 Å². The molecule has 1 unspecified atom stereocenters. The van der Waals surface area contributed by atoms with Crippen LogP contribution in [0.3, 0.4) is 0 Å². The van der Waals surface area contributed by atoms with Crippen LogP contribution in [0.4, 0.5) is 9.39 Å². The van der Waals surface area contributed by atoms with Crippen LogP contribution >= 0.6 is 11.3 Å². The van der Waals surface area contributed by atoms with Gasteiger partial charge in [-0.3, -0.25) is 9.59 Å². The molecule has 0 radical (unpaired) electrons. The second-order valence-corrected chi connectivity index (χ2v) is 7.20. The molecule has 1 aromatic heterocycles. The molecule has 0 aliphatic heterocycles. The van der Waals surface area contributed by atoms with Crippen LogP contribution in [0, 0.1) is 5.82 Å². The van der Waals surface area contributed by atoms with Gasteiger partial charge in [0.2, 0.25) is 5.91 Å². The average Bonchev–Trinajstić information content (AvgIpc) is 3.13. The number of hydrogen-bond donors (Lipinski definition) is 3. The molecule has 1 aliphatic carbocycles. The Morgan fingerprint density at radius 2 is 2.08 bits per heavy atom. The van der Waals surface area contributed by atoms with Gasteiger partial charge in [-0.05, 0) is 37.8 Å². The number of nitrogens with one attached hydrogen (secondary N) is 2. The molecule has 0 fully saturated rings. The molecule has 1 aromatic carbocycles. The van der Waals surface area contributed by atoms with Crippen LogP contribution in [0.15, 0.2) is 24.3 Å². The predicted octanol–water partition coefficient (Wildman–Crippen LogP) is 2.76. The third-order valence-electron chi connectivity index (χ3n) is 4.36. The maximum atomic E-state index is 13.8. The van der Waals surface area contributed by atoms with Crippen LogP contribution in [-0.4, -0.2) is 18.4 Å². The van der Waals surface area contributed by atoms with Gasteiger partial charge in [-0.2, -0.15) is 0 Å². The van der Waals surface area contributed by atoms with Crippen molar-refractivity contribution in [2.24, 2.45) is 5.73 Å². The minimum atomic E-state index is -0.512. The number of hydrogen-bond acceptors (Lipinski definition) is 4. The Balaban J connectivity index is 1.64. The molecule has 3 rings (SSSR count). The number of rotatable bonds is 6. The summed E-state index contributed by atoms with van der Waals surface area (Å²) in [5.41, 5.74) is 7.40. The molecule has 2 amide bonds. The van der Waals surface area contributed by atoms with E-state index >= 15 is 0 Å². The number of anilines is 1. The number of thiophene rings is 1. The molecule has 4 N–H and O–H groups in total. The molecule has 1 aliphatic rings. The molecule has 0 saturated carbocycles. The highest BCUT2D eigenvalue weighted by Gasteiger charge is 2.26. The lowest BCUT2D eigenvalue weighted by atomic mass is 10.1. The molecule has 0 spiro atoms. The normalized spacial score (nSPS) is 14.2. The van der Waals surface area contributed by atoms with Gasteiger partial charge in [0, 0.05) is 16.5 Å². The molecule has 5 nitrogen and oxygen atoms in total. The van der Waals surface area contributed by atoms with Gasteiger partial charge < -0.3 is 16.4 Å². The standard InChI is InChI=1S/C18H20FN3O2S/c1-10(11-5-2-3-7-13(11)19)21-9-15(23)22-18-16(17(20)24)12-6-4-8-14(12)25-18/h2-3,5,7,10,21H,4,6,8-9H2,1H3,(H2,20,24)(H,22,23). The summed E-state index contributed by atoms with van der Waals surface area (Å²) in [6.07, 6.45) is 2.75. The monoisotopic (exact) mass is 361 g/mol. The highest BCUT2D eigenvalue weighted by molar-refractivity contribution is 7.17. The summed E-state index contributed by atoms with van der Waals surface area (Å²) in [6.45, 7) is 1.80. The van der Waals surface area contributed by atoms with E-state index in [1.807, 2.05) is 0 Å². The molecule has 7 heteroatoms. The highest BCUT2D eigenvalue weighted by Crippen LogP contribution is 2.38. The third kappa shape index (κ3) is 3.72. The maximum Gasteiger partial charge on any atom is 0.251 e. The number of aryl methyl sites for hydroxylation is 1. The topological polar surface area (TPSA) is 84.2 Å². The Morgan fingerprint density at radius 3 is 2.80 bits per heavy atom.